The van der Waals surface area contributed by atoms with Crippen LogP contribution in [0, 0.1) is 11.8 Å². The lowest BCUT2D eigenvalue weighted by Gasteiger charge is -2.24. The molecule has 2 amide bonds. The zero-order chi connectivity index (χ0) is 17.0. The van der Waals surface area contributed by atoms with Crippen LogP contribution in [-0.2, 0) is 4.79 Å². The summed E-state index contributed by atoms with van der Waals surface area (Å²) in [7, 11) is 1.52. The molecule has 1 aliphatic rings. The predicted octanol–water partition coefficient (Wildman–Crippen LogP) is 2.36. The van der Waals surface area contributed by atoms with Crippen molar-refractivity contribution < 1.29 is 14.3 Å². The molecule has 1 aromatic carbocycles. The number of amides is 2. The number of rotatable bonds is 7. The number of carbonyl (C=O) groups excluding carboxylic acids is 2. The van der Waals surface area contributed by atoms with Gasteiger partial charge in [0.25, 0.3) is 5.91 Å². The van der Waals surface area contributed by atoms with E-state index in [1.165, 1.54) is 20.0 Å². The van der Waals surface area contributed by atoms with Gasteiger partial charge >= 0.3 is 0 Å². The van der Waals surface area contributed by atoms with Crippen molar-refractivity contribution in [3.8, 4) is 5.75 Å². The molecule has 1 saturated carbocycles. The summed E-state index contributed by atoms with van der Waals surface area (Å²) < 4.78 is 5.21. The van der Waals surface area contributed by atoms with Crippen LogP contribution in [0.25, 0.3) is 0 Å². The minimum atomic E-state index is -0.561. The molecule has 2 atom stereocenters. The molecular formula is C18H26N2O3. The molecule has 5 heteroatoms. The first kappa shape index (κ1) is 17.3. The molecule has 0 saturated heterocycles. The lowest BCUT2D eigenvalue weighted by Crippen LogP contribution is -2.52. The monoisotopic (exact) mass is 318 g/mol. The molecule has 126 valence electrons. The maximum Gasteiger partial charge on any atom is 0.255 e. The van der Waals surface area contributed by atoms with E-state index in [4.69, 9.17) is 4.74 Å². The Balaban J connectivity index is 2.06. The van der Waals surface area contributed by atoms with Gasteiger partial charge in [0.05, 0.1) is 12.7 Å². The zero-order valence-corrected chi connectivity index (χ0v) is 14.3. The van der Waals surface area contributed by atoms with E-state index in [0.29, 0.717) is 17.2 Å². The molecule has 0 bridgehead atoms. The van der Waals surface area contributed by atoms with Gasteiger partial charge in [-0.05, 0) is 43.7 Å². The Labute approximate surface area is 137 Å². The number of para-hydroxylation sites is 1. The molecule has 0 heterocycles. The Kier molecular flexibility index (Phi) is 5.64. The third kappa shape index (κ3) is 4.47. The predicted molar refractivity (Wildman–Crippen MR) is 89.4 cm³/mol. The van der Waals surface area contributed by atoms with Crippen molar-refractivity contribution in [2.45, 2.75) is 45.7 Å². The van der Waals surface area contributed by atoms with E-state index >= 15 is 0 Å². The molecule has 5 nitrogen and oxygen atoms in total. The topological polar surface area (TPSA) is 67.4 Å². The highest BCUT2D eigenvalue weighted by Crippen LogP contribution is 2.32. The Morgan fingerprint density at radius 1 is 1.13 bits per heavy atom. The molecule has 23 heavy (non-hydrogen) atoms. The Hall–Kier alpha value is -2.04. The number of hydrogen-bond acceptors (Lipinski definition) is 3. The van der Waals surface area contributed by atoms with Gasteiger partial charge in [-0.25, -0.2) is 0 Å². The fourth-order valence-electron chi connectivity index (χ4n) is 2.61. The van der Waals surface area contributed by atoms with E-state index in [0.717, 1.165) is 0 Å². The summed E-state index contributed by atoms with van der Waals surface area (Å²) >= 11 is 0. The molecule has 2 N–H and O–H groups in total. The molecule has 0 aromatic heterocycles. The first-order valence-electron chi connectivity index (χ1n) is 8.18. The Bertz CT molecular complexity index is 567. The third-order valence-corrected chi connectivity index (χ3v) is 4.29. The second-order valence-corrected chi connectivity index (χ2v) is 6.53. The highest BCUT2D eigenvalue weighted by molar-refractivity contribution is 5.99. The number of carbonyl (C=O) groups is 2. The first-order chi connectivity index (χ1) is 10.9. The quantitative estimate of drug-likeness (QED) is 0.811. The Morgan fingerprint density at radius 3 is 2.35 bits per heavy atom. The van der Waals surface area contributed by atoms with Crippen LogP contribution in [0.4, 0.5) is 0 Å². The second kappa shape index (κ2) is 7.49. The highest BCUT2D eigenvalue weighted by Gasteiger charge is 2.32. The van der Waals surface area contributed by atoms with E-state index in [2.05, 4.69) is 10.6 Å². The minimum Gasteiger partial charge on any atom is -0.496 e. The average Bonchev–Trinajstić information content (AvgIpc) is 3.36. The highest BCUT2D eigenvalue weighted by atomic mass is 16.5. The number of hydrogen-bond donors (Lipinski definition) is 2. The minimum absolute atomic E-state index is 0.0000557. The Morgan fingerprint density at radius 2 is 1.78 bits per heavy atom. The average molecular weight is 318 g/mol. The summed E-state index contributed by atoms with van der Waals surface area (Å²) in [5, 5.41) is 5.86. The van der Waals surface area contributed by atoms with Gasteiger partial charge in [-0.1, -0.05) is 26.0 Å². The summed E-state index contributed by atoms with van der Waals surface area (Å²) in [6, 6.07) is 6.60. The van der Waals surface area contributed by atoms with Crippen molar-refractivity contribution >= 4 is 11.8 Å². The van der Waals surface area contributed by atoms with Crippen molar-refractivity contribution in [2.24, 2.45) is 11.8 Å². The van der Waals surface area contributed by atoms with Crippen LogP contribution in [-0.4, -0.2) is 31.0 Å². The summed E-state index contributed by atoms with van der Waals surface area (Å²) in [4.78, 5) is 25.0. The number of ether oxygens (including phenoxy) is 1. The van der Waals surface area contributed by atoms with E-state index in [1.807, 2.05) is 20.8 Å². The molecule has 2 rings (SSSR count). The van der Waals surface area contributed by atoms with Gasteiger partial charge < -0.3 is 15.4 Å². The second-order valence-electron chi connectivity index (χ2n) is 6.53. The lowest BCUT2D eigenvalue weighted by molar-refractivity contribution is -0.124. The normalized spacial score (nSPS) is 16.6. The number of methoxy groups -OCH3 is 1. The van der Waals surface area contributed by atoms with Crippen LogP contribution >= 0.6 is 0 Å². The first-order valence-corrected chi connectivity index (χ1v) is 8.18. The third-order valence-electron chi connectivity index (χ3n) is 4.29. The standard InChI is InChI=1S/C18H26N2O3/c1-11(2)16(18(22)19-12(3)13-9-10-13)20-17(21)14-7-5-6-8-15(14)23-4/h5-8,11-13,16H,9-10H2,1-4H3,(H,19,22)(H,20,21). The molecule has 2 unspecified atom stereocenters. The molecule has 1 aromatic rings. The van der Waals surface area contributed by atoms with E-state index in [-0.39, 0.29) is 23.8 Å². The van der Waals surface area contributed by atoms with Crippen LogP contribution in [0.1, 0.15) is 44.0 Å². The van der Waals surface area contributed by atoms with Crippen molar-refractivity contribution in [1.82, 2.24) is 10.6 Å². The fraction of sp³-hybridized carbons (Fsp3) is 0.556. The van der Waals surface area contributed by atoms with Crippen LogP contribution in [0.3, 0.4) is 0 Å². The van der Waals surface area contributed by atoms with E-state index in [9.17, 15) is 9.59 Å². The van der Waals surface area contributed by atoms with Crippen molar-refractivity contribution in [2.75, 3.05) is 7.11 Å². The van der Waals surface area contributed by atoms with E-state index in [1.54, 1.807) is 24.3 Å². The largest absolute Gasteiger partial charge is 0.496 e. The van der Waals surface area contributed by atoms with Crippen molar-refractivity contribution in [1.29, 1.82) is 0 Å². The maximum atomic E-state index is 12.5. The number of nitrogens with one attached hydrogen (secondary N) is 2. The van der Waals surface area contributed by atoms with Crippen LogP contribution in [0.15, 0.2) is 24.3 Å². The van der Waals surface area contributed by atoms with Gasteiger partial charge in [0.2, 0.25) is 5.91 Å². The van der Waals surface area contributed by atoms with Gasteiger partial charge in [0.15, 0.2) is 0 Å². The zero-order valence-electron chi connectivity index (χ0n) is 14.3. The van der Waals surface area contributed by atoms with Gasteiger partial charge in [-0.15, -0.1) is 0 Å². The summed E-state index contributed by atoms with van der Waals surface area (Å²) in [5.74, 6) is 0.661. The van der Waals surface area contributed by atoms with Gasteiger partial charge in [-0.3, -0.25) is 9.59 Å². The molecule has 1 aliphatic carbocycles. The van der Waals surface area contributed by atoms with Crippen LogP contribution in [0.2, 0.25) is 0 Å². The summed E-state index contributed by atoms with van der Waals surface area (Å²) in [6.07, 6.45) is 2.34. The van der Waals surface area contributed by atoms with Gasteiger partial charge in [0.1, 0.15) is 11.8 Å². The lowest BCUT2D eigenvalue weighted by atomic mass is 10.0. The summed E-state index contributed by atoms with van der Waals surface area (Å²) in [5.41, 5.74) is 0.434. The van der Waals surface area contributed by atoms with Crippen LogP contribution < -0.4 is 15.4 Å². The molecule has 0 radical (unpaired) electrons. The van der Waals surface area contributed by atoms with Gasteiger partial charge in [0, 0.05) is 6.04 Å². The fourth-order valence-corrected chi connectivity index (χ4v) is 2.61. The summed E-state index contributed by atoms with van der Waals surface area (Å²) in [6.45, 7) is 5.87. The number of benzene rings is 1. The maximum absolute atomic E-state index is 12.5. The van der Waals surface area contributed by atoms with Gasteiger partial charge in [-0.2, -0.15) is 0 Å². The van der Waals surface area contributed by atoms with Crippen LogP contribution in [0.5, 0.6) is 5.75 Å². The molecule has 0 spiro atoms. The molecule has 0 aliphatic heterocycles. The van der Waals surface area contributed by atoms with Crippen molar-refractivity contribution in [3.63, 3.8) is 0 Å². The smallest absolute Gasteiger partial charge is 0.255 e. The molecule has 1 fully saturated rings. The SMILES string of the molecule is COc1ccccc1C(=O)NC(C(=O)NC(C)C1CC1)C(C)C. The molecular weight excluding hydrogens is 292 g/mol. The van der Waals surface area contributed by atoms with Crippen molar-refractivity contribution in [3.05, 3.63) is 29.8 Å². The van der Waals surface area contributed by atoms with E-state index < -0.39 is 6.04 Å².